The molecule has 4 nitrogen and oxygen atoms in total. The van der Waals surface area contributed by atoms with E-state index in [0.717, 1.165) is 9.88 Å². The van der Waals surface area contributed by atoms with Crippen molar-refractivity contribution in [3.63, 3.8) is 0 Å². The van der Waals surface area contributed by atoms with E-state index in [-0.39, 0.29) is 11.7 Å². The van der Waals surface area contributed by atoms with Crippen molar-refractivity contribution in [1.29, 1.82) is 0 Å². The number of nitrogens with zero attached hydrogens (tertiary/aromatic N) is 1. The van der Waals surface area contributed by atoms with Crippen molar-refractivity contribution in [2.24, 2.45) is 0 Å². The first kappa shape index (κ1) is 17.7. The molecule has 0 spiro atoms. The van der Waals surface area contributed by atoms with Gasteiger partial charge in [-0.2, -0.15) is 0 Å². The molecule has 0 bridgehead atoms. The number of nitrogens with one attached hydrogen (secondary N) is 1. The zero-order chi connectivity index (χ0) is 18.0. The highest BCUT2D eigenvalue weighted by Gasteiger charge is 2.22. The lowest BCUT2D eigenvalue weighted by Crippen LogP contribution is -2.37. The molecular weight excluding hydrogens is 359 g/mol. The lowest BCUT2D eigenvalue weighted by Gasteiger charge is -2.20. The molecule has 0 radical (unpaired) electrons. The monoisotopic (exact) mass is 376 g/mol. The number of amides is 1. The minimum absolute atomic E-state index is 0.272. The minimum Gasteiger partial charge on any atom is -0.386 e. The Bertz CT molecular complexity index is 860. The summed E-state index contributed by atoms with van der Waals surface area (Å²) >= 11 is 2.91. The van der Waals surface area contributed by atoms with Crippen molar-refractivity contribution in [2.75, 3.05) is 0 Å². The van der Waals surface area contributed by atoms with Crippen LogP contribution in [-0.2, 0) is 0 Å². The third-order valence-electron chi connectivity index (χ3n) is 3.78. The first-order valence-corrected chi connectivity index (χ1v) is 9.41. The molecule has 2 atom stereocenters. The third kappa shape index (κ3) is 3.95. The maximum atomic E-state index is 13.0. The van der Waals surface area contributed by atoms with Crippen LogP contribution in [-0.4, -0.2) is 22.0 Å². The molecule has 3 aromatic rings. The van der Waals surface area contributed by atoms with E-state index in [1.54, 1.807) is 25.2 Å². The topological polar surface area (TPSA) is 62.2 Å². The van der Waals surface area contributed by atoms with Crippen LogP contribution in [0.25, 0.3) is 9.88 Å². The summed E-state index contributed by atoms with van der Waals surface area (Å²) in [6.45, 7) is 3.51. The van der Waals surface area contributed by atoms with E-state index in [1.165, 1.54) is 35.6 Å². The fraction of sp³-hybridized carbons (Fsp3) is 0.222. The number of aryl methyl sites for hydroxylation is 1. The molecule has 3 rings (SSSR count). The van der Waals surface area contributed by atoms with Crippen LogP contribution in [0.4, 0.5) is 4.39 Å². The van der Waals surface area contributed by atoms with Crippen molar-refractivity contribution in [1.82, 2.24) is 10.3 Å². The number of hydrogen-bond acceptors (Lipinski definition) is 5. The van der Waals surface area contributed by atoms with E-state index in [9.17, 15) is 14.3 Å². The zero-order valence-electron chi connectivity index (χ0n) is 13.7. The van der Waals surface area contributed by atoms with E-state index >= 15 is 0 Å². The number of aromatic nitrogens is 1. The Morgan fingerprint density at radius 1 is 1.28 bits per heavy atom. The summed E-state index contributed by atoms with van der Waals surface area (Å²) in [7, 11) is 0. The van der Waals surface area contributed by atoms with Crippen molar-refractivity contribution in [2.45, 2.75) is 26.0 Å². The van der Waals surface area contributed by atoms with E-state index in [4.69, 9.17) is 0 Å². The van der Waals surface area contributed by atoms with Gasteiger partial charge >= 0.3 is 0 Å². The molecule has 0 saturated carbocycles. The smallest absolute Gasteiger partial charge is 0.263 e. The van der Waals surface area contributed by atoms with Crippen LogP contribution in [0, 0.1) is 12.7 Å². The molecule has 2 N–H and O–H groups in total. The van der Waals surface area contributed by atoms with Crippen LogP contribution in [0.5, 0.6) is 0 Å². The molecule has 2 heterocycles. The van der Waals surface area contributed by atoms with E-state index in [0.29, 0.717) is 16.1 Å². The molecule has 2 aromatic heterocycles. The fourth-order valence-electron chi connectivity index (χ4n) is 2.41. The zero-order valence-corrected chi connectivity index (χ0v) is 15.3. The van der Waals surface area contributed by atoms with Gasteiger partial charge in [-0.15, -0.1) is 22.7 Å². The van der Waals surface area contributed by atoms with E-state index in [1.807, 2.05) is 17.5 Å². The van der Waals surface area contributed by atoms with Gasteiger partial charge in [0, 0.05) is 0 Å². The van der Waals surface area contributed by atoms with Crippen LogP contribution in [0.15, 0.2) is 41.8 Å². The number of hydrogen-bond donors (Lipinski definition) is 2. The van der Waals surface area contributed by atoms with Crippen LogP contribution in [0.1, 0.15) is 34.0 Å². The molecule has 0 aliphatic rings. The van der Waals surface area contributed by atoms with Gasteiger partial charge in [-0.1, -0.05) is 18.2 Å². The van der Waals surface area contributed by atoms with Crippen molar-refractivity contribution < 1.29 is 14.3 Å². The summed E-state index contributed by atoms with van der Waals surface area (Å²) in [6.07, 6.45) is -0.922. The molecule has 7 heteroatoms. The van der Waals surface area contributed by atoms with Crippen LogP contribution in [0.2, 0.25) is 0 Å². The fourth-order valence-corrected chi connectivity index (χ4v) is 4.18. The number of benzene rings is 1. The Morgan fingerprint density at radius 3 is 2.64 bits per heavy atom. The van der Waals surface area contributed by atoms with Gasteiger partial charge in [0.1, 0.15) is 15.7 Å². The summed E-state index contributed by atoms with van der Waals surface area (Å²) in [5.41, 5.74) is 1.21. The molecule has 0 aliphatic heterocycles. The molecule has 0 saturated heterocycles. The molecule has 0 fully saturated rings. The Labute approximate surface area is 153 Å². The first-order valence-electron chi connectivity index (χ1n) is 7.71. The highest BCUT2D eigenvalue weighted by Crippen LogP contribution is 2.31. The Hall–Kier alpha value is -2.09. The van der Waals surface area contributed by atoms with Crippen molar-refractivity contribution >= 4 is 28.6 Å². The average Bonchev–Trinajstić information content (AvgIpc) is 3.24. The lowest BCUT2D eigenvalue weighted by molar-refractivity contribution is 0.0855. The second kappa shape index (κ2) is 7.43. The predicted molar refractivity (Wildman–Crippen MR) is 98.5 cm³/mol. The maximum Gasteiger partial charge on any atom is 0.263 e. The first-order chi connectivity index (χ1) is 12.0. The van der Waals surface area contributed by atoms with E-state index in [2.05, 4.69) is 10.3 Å². The Balaban J connectivity index is 1.72. The number of carbonyl (C=O) groups is 1. The number of carbonyl (C=O) groups excluding carboxylic acids is 1. The normalized spacial score (nSPS) is 13.4. The standard InChI is InChI=1S/C18H17FN2O2S2/c1-10(15(22)12-5-7-13(19)8-6-12)20-17(23)16-11(2)21-18(25-16)14-4-3-9-24-14/h3-10,15,22H,1-2H3,(H,20,23)/t10-,15+/m1/s1. The second-order valence-electron chi connectivity index (χ2n) is 5.67. The summed E-state index contributed by atoms with van der Waals surface area (Å²) < 4.78 is 13.0. The predicted octanol–water partition coefficient (Wildman–Crippen LogP) is 4.17. The SMILES string of the molecule is Cc1nc(-c2cccs2)sc1C(=O)N[C@H](C)[C@H](O)c1ccc(F)cc1. The second-order valence-corrected chi connectivity index (χ2v) is 7.62. The molecule has 130 valence electrons. The molecule has 0 aliphatic carbocycles. The van der Waals surface area contributed by atoms with Crippen molar-refractivity contribution in [3.8, 4) is 9.88 Å². The highest BCUT2D eigenvalue weighted by atomic mass is 32.1. The molecular formula is C18H17FN2O2S2. The van der Waals surface area contributed by atoms with Crippen LogP contribution in [0.3, 0.4) is 0 Å². The van der Waals surface area contributed by atoms with E-state index < -0.39 is 12.1 Å². The molecule has 0 unspecified atom stereocenters. The van der Waals surface area contributed by atoms with Gasteiger partial charge in [-0.3, -0.25) is 4.79 Å². The average molecular weight is 376 g/mol. The Kier molecular flexibility index (Phi) is 5.27. The lowest BCUT2D eigenvalue weighted by atomic mass is 10.0. The molecule has 25 heavy (non-hydrogen) atoms. The maximum absolute atomic E-state index is 13.0. The minimum atomic E-state index is -0.922. The van der Waals surface area contributed by atoms with Gasteiger partial charge in [0.05, 0.1) is 22.7 Å². The van der Waals surface area contributed by atoms with Gasteiger partial charge in [0.25, 0.3) is 5.91 Å². The summed E-state index contributed by atoms with van der Waals surface area (Å²) in [5.74, 6) is -0.638. The molecule has 1 amide bonds. The number of halogens is 1. The summed E-state index contributed by atoms with van der Waals surface area (Å²) in [5, 5.41) is 15.9. The summed E-state index contributed by atoms with van der Waals surface area (Å²) in [6, 6.07) is 8.97. The largest absolute Gasteiger partial charge is 0.386 e. The number of aliphatic hydroxyl groups is 1. The summed E-state index contributed by atoms with van der Waals surface area (Å²) in [4.78, 5) is 18.5. The number of rotatable bonds is 5. The van der Waals surface area contributed by atoms with Crippen LogP contribution < -0.4 is 5.32 Å². The van der Waals surface area contributed by atoms with Gasteiger partial charge in [0.15, 0.2) is 0 Å². The number of thiazole rings is 1. The highest BCUT2D eigenvalue weighted by molar-refractivity contribution is 7.22. The van der Waals surface area contributed by atoms with Crippen LogP contribution >= 0.6 is 22.7 Å². The third-order valence-corrected chi connectivity index (χ3v) is 5.97. The number of aliphatic hydroxyl groups excluding tert-OH is 1. The van der Waals surface area contributed by atoms with Gasteiger partial charge in [0.2, 0.25) is 0 Å². The van der Waals surface area contributed by atoms with Gasteiger partial charge in [-0.25, -0.2) is 9.37 Å². The van der Waals surface area contributed by atoms with Gasteiger partial charge < -0.3 is 10.4 Å². The Morgan fingerprint density at radius 2 is 2.00 bits per heavy atom. The quantitative estimate of drug-likeness (QED) is 0.702. The molecule has 1 aromatic carbocycles. The van der Waals surface area contributed by atoms with Gasteiger partial charge in [-0.05, 0) is 43.0 Å². The van der Waals surface area contributed by atoms with Crippen molar-refractivity contribution in [3.05, 3.63) is 63.7 Å². The number of thiophene rings is 1.